The van der Waals surface area contributed by atoms with Crippen LogP contribution in [0, 0.1) is 17.3 Å². The molecule has 172 valence electrons. The van der Waals surface area contributed by atoms with Gasteiger partial charge >= 0.3 is 0 Å². The Morgan fingerprint density at radius 1 is 1.12 bits per heavy atom. The highest BCUT2D eigenvalue weighted by atomic mass is 35.5. The van der Waals surface area contributed by atoms with E-state index in [0.717, 1.165) is 52.1 Å². The number of hydrogen-bond donors (Lipinski definition) is 0. The molecule has 0 spiro atoms. The zero-order valence-electron chi connectivity index (χ0n) is 19.9. The molecule has 3 heterocycles. The van der Waals surface area contributed by atoms with Gasteiger partial charge in [-0.25, -0.2) is 4.98 Å². The van der Waals surface area contributed by atoms with Gasteiger partial charge in [-0.1, -0.05) is 49.4 Å². The summed E-state index contributed by atoms with van der Waals surface area (Å²) in [6.07, 6.45) is 5.87. The van der Waals surface area contributed by atoms with Crippen molar-refractivity contribution >= 4 is 46.1 Å². The van der Waals surface area contributed by atoms with E-state index in [1.165, 1.54) is 5.57 Å². The number of hydrogen-bond acceptors (Lipinski definition) is 4. The molecule has 2 aromatic rings. The standard InChI is InChI=1S/C28H30ClNO2S/c1-26(2)13-21(31)24-22(14-26)32-27(3,4)18-8-9-28(5)19(23(18)24)11-16-10-15-6-7-17(29)12-20(15)30-25(16)33-28/h6-7,10-12,18,23H,8-9,13-14H2,1-5H3. The van der Waals surface area contributed by atoms with Gasteiger partial charge in [0.25, 0.3) is 0 Å². The number of aromatic nitrogens is 1. The van der Waals surface area contributed by atoms with E-state index in [-0.39, 0.29) is 27.5 Å². The van der Waals surface area contributed by atoms with Crippen molar-refractivity contribution in [2.24, 2.45) is 17.3 Å². The van der Waals surface area contributed by atoms with Crippen LogP contribution in [0.15, 0.2) is 46.2 Å². The number of benzene rings is 1. The lowest BCUT2D eigenvalue weighted by atomic mass is 9.58. The summed E-state index contributed by atoms with van der Waals surface area (Å²) in [4.78, 5) is 18.5. The summed E-state index contributed by atoms with van der Waals surface area (Å²) >= 11 is 8.10. The Morgan fingerprint density at radius 3 is 2.70 bits per heavy atom. The van der Waals surface area contributed by atoms with Gasteiger partial charge in [0, 0.05) is 51.0 Å². The smallest absolute Gasteiger partial charge is 0.163 e. The van der Waals surface area contributed by atoms with Gasteiger partial charge in [-0.05, 0) is 62.8 Å². The second-order valence-corrected chi connectivity index (χ2v) is 13.7. The number of thioether (sulfide) groups is 1. The van der Waals surface area contributed by atoms with Crippen molar-refractivity contribution in [2.45, 2.75) is 75.7 Å². The van der Waals surface area contributed by atoms with Crippen molar-refractivity contribution in [3.05, 3.63) is 51.8 Å². The molecule has 5 heteroatoms. The molecule has 1 aromatic carbocycles. The number of carbonyl (C=O) groups is 1. The summed E-state index contributed by atoms with van der Waals surface area (Å²) in [5.74, 6) is 1.64. The molecule has 6 rings (SSSR count). The van der Waals surface area contributed by atoms with Crippen molar-refractivity contribution < 1.29 is 9.53 Å². The van der Waals surface area contributed by atoms with Gasteiger partial charge in [0.15, 0.2) is 5.78 Å². The van der Waals surface area contributed by atoms with E-state index in [0.29, 0.717) is 17.4 Å². The normalized spacial score (nSPS) is 31.7. The fourth-order valence-corrected chi connectivity index (χ4v) is 8.06. The Bertz CT molecular complexity index is 1290. The maximum atomic E-state index is 13.5. The van der Waals surface area contributed by atoms with Crippen LogP contribution in [-0.4, -0.2) is 21.1 Å². The Balaban J connectivity index is 1.55. The van der Waals surface area contributed by atoms with Gasteiger partial charge in [-0.2, -0.15) is 0 Å². The fraction of sp³-hybridized carbons (Fsp3) is 0.500. The minimum absolute atomic E-state index is 0.0524. The lowest BCUT2D eigenvalue weighted by Gasteiger charge is -2.55. The van der Waals surface area contributed by atoms with E-state index in [9.17, 15) is 4.79 Å². The lowest BCUT2D eigenvalue weighted by Crippen LogP contribution is -2.53. The van der Waals surface area contributed by atoms with Gasteiger partial charge < -0.3 is 4.74 Å². The summed E-state index contributed by atoms with van der Waals surface area (Å²) in [6.45, 7) is 11.1. The van der Waals surface area contributed by atoms with E-state index in [1.807, 2.05) is 30.0 Å². The number of pyridine rings is 1. The predicted molar refractivity (Wildman–Crippen MR) is 135 cm³/mol. The molecule has 33 heavy (non-hydrogen) atoms. The van der Waals surface area contributed by atoms with Crippen molar-refractivity contribution in [3.8, 4) is 0 Å². The number of carbonyl (C=O) groups excluding carboxylic acids is 1. The first-order valence-electron chi connectivity index (χ1n) is 11.9. The minimum Gasteiger partial charge on any atom is -0.491 e. The highest BCUT2D eigenvalue weighted by Gasteiger charge is 2.56. The van der Waals surface area contributed by atoms with Crippen molar-refractivity contribution in [2.75, 3.05) is 0 Å². The Hall–Kier alpha value is -1.78. The first-order valence-corrected chi connectivity index (χ1v) is 13.1. The van der Waals surface area contributed by atoms with Gasteiger partial charge in [-0.15, -0.1) is 0 Å². The molecule has 2 aliphatic heterocycles. The molecule has 3 unspecified atom stereocenters. The quantitative estimate of drug-likeness (QED) is 0.389. The highest BCUT2D eigenvalue weighted by molar-refractivity contribution is 8.01. The van der Waals surface area contributed by atoms with Crippen LogP contribution >= 0.6 is 23.4 Å². The number of fused-ring (bicyclic) bond motifs is 6. The number of ether oxygens (including phenoxy) is 1. The average Bonchev–Trinajstić information content (AvgIpc) is 2.68. The zero-order chi connectivity index (χ0) is 23.3. The first kappa shape index (κ1) is 21.7. The summed E-state index contributed by atoms with van der Waals surface area (Å²) in [5.41, 5.74) is 4.08. The molecule has 1 aromatic heterocycles. The molecule has 1 fully saturated rings. The summed E-state index contributed by atoms with van der Waals surface area (Å²) in [7, 11) is 0. The number of ketones is 1. The fourth-order valence-electron chi connectivity index (χ4n) is 6.56. The van der Waals surface area contributed by atoms with Crippen LogP contribution in [-0.2, 0) is 9.53 Å². The van der Waals surface area contributed by atoms with Crippen molar-refractivity contribution in [3.63, 3.8) is 0 Å². The van der Waals surface area contributed by atoms with Gasteiger partial charge in [0.05, 0.1) is 5.52 Å². The van der Waals surface area contributed by atoms with Crippen LogP contribution in [0.5, 0.6) is 0 Å². The maximum Gasteiger partial charge on any atom is 0.163 e. The minimum atomic E-state index is -0.289. The number of Topliss-reactive ketones (excluding diaryl/α,β-unsaturated/α-hetero) is 1. The van der Waals surface area contributed by atoms with Crippen molar-refractivity contribution in [1.29, 1.82) is 0 Å². The number of rotatable bonds is 0. The van der Waals surface area contributed by atoms with Crippen LogP contribution in [0.2, 0.25) is 5.02 Å². The largest absolute Gasteiger partial charge is 0.491 e. The molecular weight excluding hydrogens is 450 g/mol. The molecule has 2 aliphatic carbocycles. The third-order valence-electron chi connectivity index (χ3n) is 8.16. The van der Waals surface area contributed by atoms with Crippen LogP contribution in [0.1, 0.15) is 65.9 Å². The van der Waals surface area contributed by atoms with Gasteiger partial charge in [0.2, 0.25) is 0 Å². The second-order valence-electron chi connectivity index (χ2n) is 11.8. The summed E-state index contributed by atoms with van der Waals surface area (Å²) in [6, 6.07) is 8.12. The molecular formula is C28H30ClNO2S. The molecule has 0 bridgehead atoms. The van der Waals surface area contributed by atoms with Crippen LogP contribution < -0.4 is 0 Å². The highest BCUT2D eigenvalue weighted by Crippen LogP contribution is 2.62. The van der Waals surface area contributed by atoms with E-state index in [2.05, 4.69) is 46.8 Å². The molecule has 4 aliphatic rings. The predicted octanol–water partition coefficient (Wildman–Crippen LogP) is 7.61. The average molecular weight is 480 g/mol. The lowest BCUT2D eigenvalue weighted by molar-refractivity contribution is -0.125. The summed E-state index contributed by atoms with van der Waals surface area (Å²) in [5, 5.41) is 2.86. The molecule has 0 amide bonds. The number of halogens is 1. The van der Waals surface area contributed by atoms with Crippen LogP contribution in [0.3, 0.4) is 0 Å². The Labute approximate surface area is 205 Å². The molecule has 1 saturated carbocycles. The molecule has 3 atom stereocenters. The Morgan fingerprint density at radius 2 is 1.91 bits per heavy atom. The van der Waals surface area contributed by atoms with Gasteiger partial charge in [-0.3, -0.25) is 4.79 Å². The monoisotopic (exact) mass is 479 g/mol. The molecule has 0 radical (unpaired) electrons. The molecule has 3 nitrogen and oxygen atoms in total. The van der Waals surface area contributed by atoms with Gasteiger partial charge in [0.1, 0.15) is 16.4 Å². The third kappa shape index (κ3) is 3.31. The second kappa shape index (κ2) is 6.88. The van der Waals surface area contributed by atoms with E-state index in [1.54, 1.807) is 0 Å². The maximum absolute atomic E-state index is 13.5. The SMILES string of the molecule is CC1(C)CC(=O)C2=C(C1)OC(C)(C)C1CCC3(C)Sc4nc5cc(Cl)ccc5cc4C=C3C21. The summed E-state index contributed by atoms with van der Waals surface area (Å²) < 4.78 is 6.53. The van der Waals surface area contributed by atoms with Crippen LogP contribution in [0.4, 0.5) is 0 Å². The third-order valence-corrected chi connectivity index (χ3v) is 9.80. The number of allylic oxidation sites excluding steroid dienone is 2. The van der Waals surface area contributed by atoms with E-state index in [4.69, 9.17) is 21.3 Å². The van der Waals surface area contributed by atoms with Crippen LogP contribution in [0.25, 0.3) is 17.0 Å². The van der Waals surface area contributed by atoms with Crippen molar-refractivity contribution in [1.82, 2.24) is 4.98 Å². The molecule has 0 saturated heterocycles. The Kier molecular flexibility index (Phi) is 4.53. The first-order chi connectivity index (χ1) is 15.5. The topological polar surface area (TPSA) is 39.2 Å². The number of nitrogens with zero attached hydrogens (tertiary/aromatic N) is 1. The van der Waals surface area contributed by atoms with E-state index >= 15 is 0 Å². The van der Waals surface area contributed by atoms with E-state index < -0.39 is 0 Å². The molecule has 0 N–H and O–H groups in total. The zero-order valence-corrected chi connectivity index (χ0v) is 21.5.